The second kappa shape index (κ2) is 6.34. The zero-order valence-corrected chi connectivity index (χ0v) is 13.5. The number of nitrogens with one attached hydrogen (secondary N) is 1. The minimum atomic E-state index is 0.237. The Hall–Kier alpha value is -1.85. The molecular weight excluding hydrogens is 290 g/mol. The van der Waals surface area contributed by atoms with Crippen LogP contribution in [0.2, 0.25) is 0 Å². The maximum Gasteiger partial charge on any atom is 0.135 e. The fourth-order valence-corrected chi connectivity index (χ4v) is 3.13. The standard InChI is InChI=1S/C18H23N3O2/c1-22-15-7-5-13(6-8-15)17-11-21-10-16(23-12-18(21)20-17)9-19-14-3-2-4-14/h5-8,11,14,16,19H,2-4,9-10,12H2,1H3/t16-/m0/s1. The number of nitrogens with zero attached hydrogens (tertiary/aromatic N) is 2. The first-order valence-corrected chi connectivity index (χ1v) is 8.37. The first-order valence-electron chi connectivity index (χ1n) is 8.37. The van der Waals surface area contributed by atoms with Crippen LogP contribution >= 0.6 is 0 Å². The van der Waals surface area contributed by atoms with Crippen molar-refractivity contribution in [3.63, 3.8) is 0 Å². The van der Waals surface area contributed by atoms with E-state index in [4.69, 9.17) is 14.5 Å². The Morgan fingerprint density at radius 2 is 2.13 bits per heavy atom. The molecule has 1 N–H and O–H groups in total. The summed E-state index contributed by atoms with van der Waals surface area (Å²) < 4.78 is 13.4. The Labute approximate surface area is 136 Å². The molecule has 0 amide bonds. The number of ether oxygens (including phenoxy) is 2. The van der Waals surface area contributed by atoms with E-state index in [0.29, 0.717) is 12.6 Å². The summed E-state index contributed by atoms with van der Waals surface area (Å²) in [4.78, 5) is 4.71. The maximum absolute atomic E-state index is 5.94. The third kappa shape index (κ3) is 3.12. The van der Waals surface area contributed by atoms with Gasteiger partial charge in [0.05, 0.1) is 25.5 Å². The third-order valence-corrected chi connectivity index (χ3v) is 4.83. The van der Waals surface area contributed by atoms with Crippen molar-refractivity contribution in [1.29, 1.82) is 0 Å². The van der Waals surface area contributed by atoms with Gasteiger partial charge in [-0.3, -0.25) is 0 Å². The van der Waals surface area contributed by atoms with Crippen LogP contribution in [0.1, 0.15) is 25.1 Å². The van der Waals surface area contributed by atoms with Gasteiger partial charge in [0.2, 0.25) is 0 Å². The molecule has 0 bridgehead atoms. The van der Waals surface area contributed by atoms with Gasteiger partial charge in [0.15, 0.2) is 0 Å². The largest absolute Gasteiger partial charge is 0.497 e. The molecule has 1 aliphatic carbocycles. The van der Waals surface area contributed by atoms with E-state index < -0.39 is 0 Å². The summed E-state index contributed by atoms with van der Waals surface area (Å²) in [6.45, 7) is 2.39. The average molecular weight is 313 g/mol. The minimum absolute atomic E-state index is 0.237. The molecule has 5 nitrogen and oxygen atoms in total. The molecule has 0 unspecified atom stereocenters. The molecule has 0 spiro atoms. The van der Waals surface area contributed by atoms with Gasteiger partial charge >= 0.3 is 0 Å². The Balaban J connectivity index is 1.43. The quantitative estimate of drug-likeness (QED) is 0.922. The van der Waals surface area contributed by atoms with Crippen molar-refractivity contribution in [2.24, 2.45) is 0 Å². The van der Waals surface area contributed by atoms with Gasteiger partial charge in [0.1, 0.15) is 18.2 Å². The van der Waals surface area contributed by atoms with Crippen LogP contribution in [0.3, 0.4) is 0 Å². The summed E-state index contributed by atoms with van der Waals surface area (Å²) in [6.07, 6.45) is 6.35. The molecule has 5 heteroatoms. The van der Waals surface area contributed by atoms with E-state index in [2.05, 4.69) is 16.1 Å². The third-order valence-electron chi connectivity index (χ3n) is 4.83. The monoisotopic (exact) mass is 313 g/mol. The summed E-state index contributed by atoms with van der Waals surface area (Å²) in [6, 6.07) is 8.73. The van der Waals surface area contributed by atoms with E-state index in [1.54, 1.807) is 7.11 Å². The highest BCUT2D eigenvalue weighted by Gasteiger charge is 2.23. The molecule has 122 valence electrons. The number of hydrogen-bond acceptors (Lipinski definition) is 4. The normalized spacial score (nSPS) is 20.8. The predicted octanol–water partition coefficient (Wildman–Crippen LogP) is 2.60. The van der Waals surface area contributed by atoms with Gasteiger partial charge < -0.3 is 19.4 Å². The molecule has 23 heavy (non-hydrogen) atoms. The molecule has 2 aliphatic rings. The van der Waals surface area contributed by atoms with Gasteiger partial charge in [-0.1, -0.05) is 6.42 Å². The van der Waals surface area contributed by atoms with E-state index in [-0.39, 0.29) is 6.10 Å². The number of fused-ring (bicyclic) bond motifs is 1. The van der Waals surface area contributed by atoms with Crippen LogP contribution in [0.5, 0.6) is 5.75 Å². The number of rotatable bonds is 5. The summed E-state index contributed by atoms with van der Waals surface area (Å²) >= 11 is 0. The van der Waals surface area contributed by atoms with Crippen molar-refractivity contribution in [3.05, 3.63) is 36.3 Å². The molecule has 4 rings (SSSR count). The van der Waals surface area contributed by atoms with Crippen LogP contribution in [0.25, 0.3) is 11.3 Å². The van der Waals surface area contributed by atoms with Crippen LogP contribution in [0.4, 0.5) is 0 Å². The van der Waals surface area contributed by atoms with Crippen molar-refractivity contribution < 1.29 is 9.47 Å². The van der Waals surface area contributed by atoms with Gasteiger partial charge in [-0.15, -0.1) is 0 Å². The molecule has 1 aliphatic heterocycles. The number of aromatic nitrogens is 2. The lowest BCUT2D eigenvalue weighted by atomic mass is 9.93. The Bertz CT molecular complexity index is 661. The number of hydrogen-bond donors (Lipinski definition) is 1. The molecule has 1 saturated carbocycles. The first-order chi connectivity index (χ1) is 11.3. The molecule has 1 aromatic heterocycles. The zero-order valence-electron chi connectivity index (χ0n) is 13.5. The van der Waals surface area contributed by atoms with E-state index in [1.165, 1.54) is 19.3 Å². The van der Waals surface area contributed by atoms with Crippen LogP contribution in [0.15, 0.2) is 30.5 Å². The zero-order chi connectivity index (χ0) is 15.6. The minimum Gasteiger partial charge on any atom is -0.497 e. The van der Waals surface area contributed by atoms with E-state index in [1.807, 2.05) is 24.3 Å². The summed E-state index contributed by atoms with van der Waals surface area (Å²) in [5.74, 6) is 1.87. The Morgan fingerprint density at radius 1 is 1.30 bits per heavy atom. The topological polar surface area (TPSA) is 48.3 Å². The summed E-state index contributed by atoms with van der Waals surface area (Å²) in [7, 11) is 1.68. The van der Waals surface area contributed by atoms with Crippen molar-refractivity contribution in [3.8, 4) is 17.0 Å². The predicted molar refractivity (Wildman–Crippen MR) is 88.4 cm³/mol. The summed E-state index contributed by atoms with van der Waals surface area (Å²) in [5, 5.41) is 3.60. The second-order valence-electron chi connectivity index (χ2n) is 6.39. The van der Waals surface area contributed by atoms with Crippen LogP contribution in [-0.2, 0) is 17.9 Å². The van der Waals surface area contributed by atoms with Crippen LogP contribution in [0, 0.1) is 0 Å². The Kier molecular flexibility index (Phi) is 4.06. The van der Waals surface area contributed by atoms with Crippen molar-refractivity contribution in [2.75, 3.05) is 13.7 Å². The lowest BCUT2D eigenvalue weighted by Gasteiger charge is -2.30. The van der Waals surface area contributed by atoms with Gasteiger partial charge in [0.25, 0.3) is 0 Å². The van der Waals surface area contributed by atoms with E-state index >= 15 is 0 Å². The van der Waals surface area contributed by atoms with Crippen molar-refractivity contribution in [1.82, 2.24) is 14.9 Å². The number of methoxy groups -OCH3 is 1. The number of imidazole rings is 1. The molecule has 1 atom stereocenters. The van der Waals surface area contributed by atoms with E-state index in [9.17, 15) is 0 Å². The van der Waals surface area contributed by atoms with Crippen molar-refractivity contribution >= 4 is 0 Å². The lowest BCUT2D eigenvalue weighted by molar-refractivity contribution is 0.0000580. The molecule has 0 saturated heterocycles. The Morgan fingerprint density at radius 3 is 2.83 bits per heavy atom. The smallest absolute Gasteiger partial charge is 0.135 e. The molecule has 0 radical (unpaired) electrons. The highest BCUT2D eigenvalue weighted by atomic mass is 16.5. The van der Waals surface area contributed by atoms with Gasteiger partial charge in [-0.25, -0.2) is 4.98 Å². The fraction of sp³-hybridized carbons (Fsp3) is 0.500. The summed E-state index contributed by atoms with van der Waals surface area (Å²) in [5.41, 5.74) is 2.11. The molecule has 1 fully saturated rings. The van der Waals surface area contributed by atoms with Gasteiger partial charge in [-0.05, 0) is 37.1 Å². The highest BCUT2D eigenvalue weighted by molar-refractivity contribution is 5.59. The van der Waals surface area contributed by atoms with Crippen LogP contribution in [-0.4, -0.2) is 35.4 Å². The maximum atomic E-state index is 5.94. The van der Waals surface area contributed by atoms with Crippen LogP contribution < -0.4 is 10.1 Å². The molecule has 2 heterocycles. The molecular formula is C18H23N3O2. The van der Waals surface area contributed by atoms with Gasteiger partial charge in [0, 0.05) is 24.3 Å². The number of benzene rings is 1. The average Bonchev–Trinajstić information content (AvgIpc) is 2.97. The van der Waals surface area contributed by atoms with Gasteiger partial charge in [-0.2, -0.15) is 0 Å². The molecule has 2 aromatic rings. The highest BCUT2D eigenvalue weighted by Crippen LogP contribution is 2.24. The fourth-order valence-electron chi connectivity index (χ4n) is 3.13. The second-order valence-corrected chi connectivity index (χ2v) is 6.39. The van der Waals surface area contributed by atoms with E-state index in [0.717, 1.165) is 35.9 Å². The van der Waals surface area contributed by atoms with Crippen molar-refractivity contribution in [2.45, 2.75) is 44.6 Å². The SMILES string of the molecule is COc1ccc(-c2cn3c(n2)CO[C@@H](CNC2CCC2)C3)cc1. The molecule has 1 aromatic carbocycles. The first kappa shape index (κ1) is 14.7. The lowest BCUT2D eigenvalue weighted by Crippen LogP contribution is -2.43.